The first-order valence-electron chi connectivity index (χ1n) is 13.0. The molecule has 37 heavy (non-hydrogen) atoms. The summed E-state index contributed by atoms with van der Waals surface area (Å²) in [6.45, 7) is 5.45. The van der Waals surface area contributed by atoms with Crippen molar-refractivity contribution in [2.75, 3.05) is 32.9 Å². The number of halogens is 2. The molecule has 0 radical (unpaired) electrons. The minimum absolute atomic E-state index is 0.0159. The summed E-state index contributed by atoms with van der Waals surface area (Å²) >= 11 is 0. The molecule has 2 atom stereocenters. The van der Waals surface area contributed by atoms with E-state index >= 15 is 0 Å². The molecule has 0 aliphatic heterocycles. The third kappa shape index (κ3) is 10.5. The molecular formula is C28H41F2N3O3S. The zero-order valence-corrected chi connectivity index (χ0v) is 23.2. The predicted molar refractivity (Wildman–Crippen MR) is 145 cm³/mol. The Morgan fingerprint density at radius 3 is 2.32 bits per heavy atom. The van der Waals surface area contributed by atoms with Crippen molar-refractivity contribution in [2.45, 2.75) is 63.8 Å². The maximum atomic E-state index is 14.2. The molecule has 1 unspecified atom stereocenters. The molecule has 0 saturated carbocycles. The minimum Gasteiger partial charge on any atom is -0.352 e. The average Bonchev–Trinajstić information content (AvgIpc) is 2.83. The van der Waals surface area contributed by atoms with Crippen molar-refractivity contribution in [1.82, 2.24) is 15.5 Å². The predicted octanol–water partition coefficient (Wildman–Crippen LogP) is 4.40. The number of amides is 1. The van der Waals surface area contributed by atoms with E-state index in [4.69, 9.17) is 0 Å². The molecule has 206 valence electrons. The van der Waals surface area contributed by atoms with Gasteiger partial charge in [0.25, 0.3) is 0 Å². The third-order valence-electron chi connectivity index (χ3n) is 6.24. The van der Waals surface area contributed by atoms with Crippen LogP contribution in [0.4, 0.5) is 8.78 Å². The van der Waals surface area contributed by atoms with Crippen molar-refractivity contribution in [2.24, 2.45) is 0 Å². The van der Waals surface area contributed by atoms with Crippen LogP contribution in [0.25, 0.3) is 0 Å². The molecule has 9 heteroatoms. The topological polar surface area (TPSA) is 78.5 Å². The van der Waals surface area contributed by atoms with Crippen LogP contribution >= 0.6 is 0 Å². The fraction of sp³-hybridized carbons (Fsp3) is 0.536. The van der Waals surface area contributed by atoms with E-state index in [1.54, 1.807) is 0 Å². The minimum atomic E-state index is -3.83. The third-order valence-corrected chi connectivity index (χ3v) is 8.47. The van der Waals surface area contributed by atoms with Crippen LogP contribution < -0.4 is 10.6 Å². The number of unbranched alkanes of at least 4 members (excludes halogenated alkanes) is 1. The number of rotatable bonds is 16. The smallest absolute Gasteiger partial charge is 0.221 e. The van der Waals surface area contributed by atoms with Crippen molar-refractivity contribution in [3.63, 3.8) is 0 Å². The lowest BCUT2D eigenvalue weighted by molar-refractivity contribution is -0.122. The van der Waals surface area contributed by atoms with Gasteiger partial charge in [-0.25, -0.2) is 17.2 Å². The lowest BCUT2D eigenvalue weighted by atomic mass is 10.0. The number of hydrogen-bond acceptors (Lipinski definition) is 5. The number of benzene rings is 2. The van der Waals surface area contributed by atoms with Gasteiger partial charge in [0.15, 0.2) is 9.84 Å². The number of carbonyl (C=O) groups excluding carboxylic acids is 1. The van der Waals surface area contributed by atoms with Crippen molar-refractivity contribution >= 4 is 15.7 Å². The second-order valence-electron chi connectivity index (χ2n) is 9.71. The number of sulfone groups is 1. The Morgan fingerprint density at radius 2 is 1.70 bits per heavy atom. The molecule has 2 rings (SSSR count). The van der Waals surface area contributed by atoms with Gasteiger partial charge in [0, 0.05) is 25.6 Å². The standard InChI is InChI=1S/C28H41F2N3O3S/c1-5-7-15-37(35,36)28(23-17-24(29)19-25(30)18-23)26(32-27(34)12-14-33(3)4)11-13-31-20-22-10-8-9-21(6-2)16-22/h8-10,16-19,26,28,31H,5-7,11-15,20H2,1-4H3,(H,32,34)/t26-,28?/m0/s1. The highest BCUT2D eigenvalue weighted by Gasteiger charge is 2.36. The Bertz CT molecular complexity index is 1090. The van der Waals surface area contributed by atoms with E-state index < -0.39 is 32.8 Å². The first-order chi connectivity index (χ1) is 17.6. The van der Waals surface area contributed by atoms with E-state index in [-0.39, 0.29) is 30.1 Å². The van der Waals surface area contributed by atoms with Crippen LogP contribution in [-0.4, -0.2) is 58.2 Å². The zero-order chi connectivity index (χ0) is 27.4. The van der Waals surface area contributed by atoms with Crippen molar-refractivity contribution < 1.29 is 22.0 Å². The fourth-order valence-corrected chi connectivity index (χ4v) is 6.46. The molecule has 6 nitrogen and oxygen atoms in total. The fourth-order valence-electron chi connectivity index (χ4n) is 4.25. The Morgan fingerprint density at radius 1 is 1.03 bits per heavy atom. The van der Waals surface area contributed by atoms with Crippen LogP contribution in [0.1, 0.15) is 61.5 Å². The maximum Gasteiger partial charge on any atom is 0.221 e. The highest BCUT2D eigenvalue weighted by atomic mass is 32.2. The summed E-state index contributed by atoms with van der Waals surface area (Å²) in [7, 11) is -0.146. The van der Waals surface area contributed by atoms with Gasteiger partial charge in [-0.3, -0.25) is 4.79 Å². The van der Waals surface area contributed by atoms with Crippen LogP contribution in [0.2, 0.25) is 0 Å². The molecule has 0 heterocycles. The first-order valence-corrected chi connectivity index (χ1v) is 14.7. The molecule has 1 amide bonds. The van der Waals surface area contributed by atoms with E-state index in [0.717, 1.165) is 30.2 Å². The average molecular weight is 538 g/mol. The Kier molecular flexibility index (Phi) is 12.6. The van der Waals surface area contributed by atoms with E-state index in [9.17, 15) is 22.0 Å². The van der Waals surface area contributed by atoms with Gasteiger partial charge in [0.2, 0.25) is 5.91 Å². The van der Waals surface area contributed by atoms with Gasteiger partial charge in [0.05, 0.1) is 11.8 Å². The summed E-state index contributed by atoms with van der Waals surface area (Å²) < 4.78 is 55.4. The Balaban J connectivity index is 2.32. The normalized spacial score (nSPS) is 13.5. The van der Waals surface area contributed by atoms with Crippen LogP contribution in [0.5, 0.6) is 0 Å². The number of hydrogen-bond donors (Lipinski definition) is 2. The van der Waals surface area contributed by atoms with Crippen molar-refractivity contribution in [1.29, 1.82) is 0 Å². The molecule has 0 spiro atoms. The second-order valence-corrected chi connectivity index (χ2v) is 12.0. The van der Waals surface area contributed by atoms with Gasteiger partial charge in [-0.05, 0) is 68.7 Å². The van der Waals surface area contributed by atoms with Gasteiger partial charge in [-0.1, -0.05) is 44.5 Å². The quantitative estimate of drug-likeness (QED) is 0.311. The number of nitrogens with one attached hydrogen (secondary N) is 2. The Hall–Kier alpha value is -2.36. The first kappa shape index (κ1) is 30.9. The molecular weight excluding hydrogens is 496 g/mol. The summed E-state index contributed by atoms with van der Waals surface area (Å²) in [6.07, 6.45) is 2.46. The monoisotopic (exact) mass is 537 g/mol. The molecule has 0 saturated heterocycles. The molecule has 0 bridgehead atoms. The number of aryl methyl sites for hydroxylation is 1. The van der Waals surface area contributed by atoms with Crippen LogP contribution in [0.3, 0.4) is 0 Å². The summed E-state index contributed by atoms with van der Waals surface area (Å²) in [5.41, 5.74) is 2.34. The molecule has 2 N–H and O–H groups in total. The van der Waals surface area contributed by atoms with Crippen LogP contribution in [0, 0.1) is 11.6 Å². The zero-order valence-electron chi connectivity index (χ0n) is 22.4. The van der Waals surface area contributed by atoms with E-state index in [1.807, 2.05) is 38.1 Å². The van der Waals surface area contributed by atoms with Gasteiger partial charge < -0.3 is 15.5 Å². The van der Waals surface area contributed by atoms with E-state index in [0.29, 0.717) is 32.5 Å². The molecule has 0 aliphatic rings. The van der Waals surface area contributed by atoms with Crippen LogP contribution in [-0.2, 0) is 27.6 Å². The highest BCUT2D eigenvalue weighted by molar-refractivity contribution is 7.91. The van der Waals surface area contributed by atoms with E-state index in [2.05, 4.69) is 29.7 Å². The highest BCUT2D eigenvalue weighted by Crippen LogP contribution is 2.31. The summed E-state index contributed by atoms with van der Waals surface area (Å²) in [5, 5.41) is 4.94. The summed E-state index contributed by atoms with van der Waals surface area (Å²) in [4.78, 5) is 14.7. The number of nitrogens with zero attached hydrogens (tertiary/aromatic N) is 1. The lowest BCUT2D eigenvalue weighted by Crippen LogP contribution is -2.44. The Labute approximate surface area is 220 Å². The molecule has 2 aromatic rings. The summed E-state index contributed by atoms with van der Waals surface area (Å²) in [5.74, 6) is -2.13. The van der Waals surface area contributed by atoms with Crippen molar-refractivity contribution in [3.05, 3.63) is 70.8 Å². The second kappa shape index (κ2) is 15.1. The molecule has 0 aromatic heterocycles. The molecule has 0 aliphatic carbocycles. The molecule has 0 fully saturated rings. The van der Waals surface area contributed by atoms with Crippen LogP contribution in [0.15, 0.2) is 42.5 Å². The van der Waals surface area contributed by atoms with Gasteiger partial charge in [-0.15, -0.1) is 0 Å². The SMILES string of the molecule is CCCCS(=O)(=O)C(c1cc(F)cc(F)c1)[C@H](CCNCc1cccc(CC)c1)NC(=O)CCN(C)C. The lowest BCUT2D eigenvalue weighted by Gasteiger charge is -2.29. The van der Waals surface area contributed by atoms with E-state index in [1.165, 1.54) is 5.56 Å². The molecule has 2 aromatic carbocycles. The maximum absolute atomic E-state index is 14.2. The number of carbonyl (C=O) groups is 1. The van der Waals surface area contributed by atoms with Gasteiger partial charge in [-0.2, -0.15) is 0 Å². The van der Waals surface area contributed by atoms with Crippen molar-refractivity contribution in [3.8, 4) is 0 Å². The van der Waals surface area contributed by atoms with Gasteiger partial charge >= 0.3 is 0 Å². The van der Waals surface area contributed by atoms with Gasteiger partial charge in [0.1, 0.15) is 16.9 Å². The summed E-state index contributed by atoms with van der Waals surface area (Å²) in [6, 6.07) is 10.2. The largest absolute Gasteiger partial charge is 0.352 e.